The van der Waals surface area contributed by atoms with Gasteiger partial charge >= 0.3 is 0 Å². The minimum absolute atomic E-state index is 0.0833. The summed E-state index contributed by atoms with van der Waals surface area (Å²) in [6, 6.07) is 3.94. The fourth-order valence-electron chi connectivity index (χ4n) is 1.39. The van der Waals surface area contributed by atoms with Crippen LogP contribution in [0, 0.1) is 0 Å². The van der Waals surface area contributed by atoms with Gasteiger partial charge in [-0.05, 0) is 36.6 Å². The normalized spacial score (nSPS) is 12.9. The highest BCUT2D eigenvalue weighted by molar-refractivity contribution is 7.05. The van der Waals surface area contributed by atoms with Gasteiger partial charge in [-0.2, -0.15) is 0 Å². The Bertz CT molecular complexity index is 337. The molecule has 1 N–H and O–H groups in total. The maximum absolute atomic E-state index is 5.41. The van der Waals surface area contributed by atoms with Crippen molar-refractivity contribution in [1.82, 2.24) is 14.9 Å². The van der Waals surface area contributed by atoms with Crippen molar-refractivity contribution in [2.75, 3.05) is 6.54 Å². The van der Waals surface area contributed by atoms with Crippen LogP contribution in [-0.4, -0.2) is 16.1 Å². The number of hydrogen-bond acceptors (Lipinski definition) is 5. The highest BCUT2D eigenvalue weighted by Gasteiger charge is 2.17. The first-order valence-corrected chi connectivity index (χ1v) is 5.73. The molecule has 0 saturated carbocycles. The second kappa shape index (κ2) is 5.04. The molecule has 80 valence electrons. The van der Waals surface area contributed by atoms with E-state index in [1.807, 2.05) is 12.1 Å². The van der Waals surface area contributed by atoms with E-state index in [0.29, 0.717) is 0 Å². The first kappa shape index (κ1) is 10.3. The fourth-order valence-corrected chi connectivity index (χ4v) is 1.98. The molecular weight excluding hydrogens is 210 g/mol. The average Bonchev–Trinajstić information content (AvgIpc) is 2.90. The lowest BCUT2D eigenvalue weighted by Crippen LogP contribution is -2.21. The molecule has 0 aliphatic carbocycles. The quantitative estimate of drug-likeness (QED) is 0.844. The smallest absolute Gasteiger partial charge is 0.126 e. The number of aromatic nitrogens is 2. The molecule has 0 bridgehead atoms. The summed E-state index contributed by atoms with van der Waals surface area (Å²) in [4.78, 5) is 1.08. The van der Waals surface area contributed by atoms with Gasteiger partial charge in [-0.1, -0.05) is 11.4 Å². The van der Waals surface area contributed by atoms with Crippen molar-refractivity contribution < 1.29 is 4.42 Å². The average molecular weight is 223 g/mol. The molecule has 15 heavy (non-hydrogen) atoms. The molecule has 0 fully saturated rings. The molecule has 2 heterocycles. The van der Waals surface area contributed by atoms with Crippen molar-refractivity contribution in [1.29, 1.82) is 0 Å². The van der Waals surface area contributed by atoms with Gasteiger partial charge in [0.1, 0.15) is 11.8 Å². The zero-order valence-corrected chi connectivity index (χ0v) is 9.33. The Morgan fingerprint density at radius 3 is 3.13 bits per heavy atom. The summed E-state index contributed by atoms with van der Waals surface area (Å²) in [6.07, 6.45) is 4.55. The highest BCUT2D eigenvalue weighted by Crippen LogP contribution is 2.23. The molecule has 1 unspecified atom stereocenters. The van der Waals surface area contributed by atoms with Crippen LogP contribution in [0.5, 0.6) is 0 Å². The van der Waals surface area contributed by atoms with Crippen LogP contribution >= 0.6 is 11.5 Å². The molecule has 0 aliphatic rings. The Hall–Kier alpha value is -1.20. The van der Waals surface area contributed by atoms with E-state index in [-0.39, 0.29) is 6.04 Å². The fraction of sp³-hybridized carbons (Fsp3) is 0.400. The Kier molecular flexibility index (Phi) is 3.47. The molecule has 0 radical (unpaired) electrons. The van der Waals surface area contributed by atoms with Crippen molar-refractivity contribution in [2.45, 2.75) is 19.4 Å². The first-order valence-electron chi connectivity index (χ1n) is 4.96. The van der Waals surface area contributed by atoms with Gasteiger partial charge in [0, 0.05) is 0 Å². The van der Waals surface area contributed by atoms with Crippen molar-refractivity contribution in [2.24, 2.45) is 0 Å². The summed E-state index contributed by atoms with van der Waals surface area (Å²) in [7, 11) is 0. The van der Waals surface area contributed by atoms with Gasteiger partial charge in [-0.15, -0.1) is 5.10 Å². The van der Waals surface area contributed by atoms with Gasteiger partial charge in [0.25, 0.3) is 0 Å². The van der Waals surface area contributed by atoms with Crippen LogP contribution in [0.1, 0.15) is 30.0 Å². The maximum atomic E-state index is 5.41. The zero-order valence-electron chi connectivity index (χ0n) is 8.51. The van der Waals surface area contributed by atoms with E-state index >= 15 is 0 Å². The number of nitrogens with zero attached hydrogens (tertiary/aromatic N) is 2. The van der Waals surface area contributed by atoms with E-state index in [9.17, 15) is 0 Å². The molecule has 0 aromatic carbocycles. The second-order valence-electron chi connectivity index (χ2n) is 3.22. The molecule has 4 nitrogen and oxygen atoms in total. The zero-order chi connectivity index (χ0) is 10.5. The number of nitrogens with one attached hydrogen (secondary N) is 1. The number of rotatable bonds is 5. The molecule has 0 saturated heterocycles. The van der Waals surface area contributed by atoms with E-state index in [0.717, 1.165) is 23.6 Å². The van der Waals surface area contributed by atoms with Crippen LogP contribution in [0.25, 0.3) is 0 Å². The Balaban J connectivity index is 2.17. The number of furan rings is 1. The molecule has 0 spiro atoms. The molecule has 0 amide bonds. The summed E-state index contributed by atoms with van der Waals surface area (Å²) in [5.74, 6) is 0.912. The van der Waals surface area contributed by atoms with Crippen molar-refractivity contribution in [3.05, 3.63) is 35.2 Å². The maximum Gasteiger partial charge on any atom is 0.126 e. The van der Waals surface area contributed by atoms with Gasteiger partial charge < -0.3 is 9.73 Å². The van der Waals surface area contributed by atoms with Crippen LogP contribution < -0.4 is 5.32 Å². The Morgan fingerprint density at radius 1 is 1.60 bits per heavy atom. The van der Waals surface area contributed by atoms with Gasteiger partial charge in [0.15, 0.2) is 0 Å². The summed E-state index contributed by atoms with van der Waals surface area (Å²) < 4.78 is 9.28. The summed E-state index contributed by atoms with van der Waals surface area (Å²) in [5, 5.41) is 7.26. The topological polar surface area (TPSA) is 51.0 Å². The third kappa shape index (κ3) is 2.43. The third-order valence-corrected chi connectivity index (χ3v) is 2.82. The van der Waals surface area contributed by atoms with Crippen LogP contribution in [0.3, 0.4) is 0 Å². The SMILES string of the molecule is CCCNC(c1ccco1)c1cnns1. The van der Waals surface area contributed by atoms with Crippen LogP contribution in [0.15, 0.2) is 29.0 Å². The predicted molar refractivity (Wildman–Crippen MR) is 58.8 cm³/mol. The van der Waals surface area contributed by atoms with Gasteiger partial charge in [-0.25, -0.2) is 0 Å². The lowest BCUT2D eigenvalue weighted by atomic mass is 10.2. The van der Waals surface area contributed by atoms with Crippen LogP contribution in [0.4, 0.5) is 0 Å². The minimum Gasteiger partial charge on any atom is -0.467 e. The monoisotopic (exact) mass is 223 g/mol. The first-order chi connectivity index (χ1) is 7.42. The molecule has 2 aromatic heterocycles. The molecule has 2 rings (SSSR count). The van der Waals surface area contributed by atoms with Gasteiger partial charge in [0.2, 0.25) is 0 Å². The summed E-state index contributed by atoms with van der Waals surface area (Å²) in [5.41, 5.74) is 0. The van der Waals surface area contributed by atoms with Crippen molar-refractivity contribution >= 4 is 11.5 Å². The Morgan fingerprint density at radius 2 is 2.53 bits per heavy atom. The minimum atomic E-state index is 0.0833. The van der Waals surface area contributed by atoms with Crippen LogP contribution in [-0.2, 0) is 0 Å². The predicted octanol–water partition coefficient (Wildman–Crippen LogP) is 2.22. The van der Waals surface area contributed by atoms with E-state index < -0.39 is 0 Å². The lowest BCUT2D eigenvalue weighted by Gasteiger charge is -2.13. The summed E-state index contributed by atoms with van der Waals surface area (Å²) in [6.45, 7) is 3.08. The lowest BCUT2D eigenvalue weighted by molar-refractivity contribution is 0.449. The van der Waals surface area contributed by atoms with E-state index in [2.05, 4.69) is 21.8 Å². The van der Waals surface area contributed by atoms with Crippen LogP contribution in [0.2, 0.25) is 0 Å². The molecular formula is C10H13N3OS. The molecule has 5 heteroatoms. The Labute approximate surface area is 92.5 Å². The molecule has 1 atom stereocenters. The van der Waals surface area contributed by atoms with Crippen molar-refractivity contribution in [3.63, 3.8) is 0 Å². The third-order valence-electron chi connectivity index (χ3n) is 2.09. The second-order valence-corrected chi connectivity index (χ2v) is 4.04. The van der Waals surface area contributed by atoms with Crippen molar-refractivity contribution in [3.8, 4) is 0 Å². The van der Waals surface area contributed by atoms with E-state index in [1.165, 1.54) is 11.5 Å². The largest absolute Gasteiger partial charge is 0.467 e. The molecule has 0 aliphatic heterocycles. The number of hydrogen-bond donors (Lipinski definition) is 1. The highest BCUT2D eigenvalue weighted by atomic mass is 32.1. The molecule has 2 aromatic rings. The van der Waals surface area contributed by atoms with E-state index in [4.69, 9.17) is 4.42 Å². The van der Waals surface area contributed by atoms with Gasteiger partial charge in [0.05, 0.1) is 17.3 Å². The van der Waals surface area contributed by atoms with Gasteiger partial charge in [-0.3, -0.25) is 0 Å². The van der Waals surface area contributed by atoms with E-state index in [1.54, 1.807) is 12.5 Å². The standard InChI is InChI=1S/C10H13N3OS/c1-2-5-11-10(8-4-3-6-14-8)9-7-12-13-15-9/h3-4,6-7,10-11H,2,5H2,1H3. The summed E-state index contributed by atoms with van der Waals surface area (Å²) >= 11 is 1.40.